The van der Waals surface area contributed by atoms with E-state index in [2.05, 4.69) is 16.0 Å². The van der Waals surface area contributed by atoms with Crippen LogP contribution in [0.2, 0.25) is 5.02 Å². The van der Waals surface area contributed by atoms with Crippen LogP contribution in [0.15, 0.2) is 48.3 Å². The molecule has 5 nitrogen and oxygen atoms in total. The summed E-state index contributed by atoms with van der Waals surface area (Å²) in [5.41, 5.74) is 2.74. The lowest BCUT2D eigenvalue weighted by Gasteiger charge is -2.35. The second kappa shape index (κ2) is 7.48. The minimum absolute atomic E-state index is 0.0525. The van der Waals surface area contributed by atoms with Gasteiger partial charge in [-0.2, -0.15) is 0 Å². The lowest BCUT2D eigenvalue weighted by Crippen LogP contribution is -2.49. The monoisotopic (exact) mass is 369 g/mol. The van der Waals surface area contributed by atoms with E-state index in [-0.39, 0.29) is 5.91 Å². The van der Waals surface area contributed by atoms with Crippen LogP contribution in [0.5, 0.6) is 5.75 Å². The van der Waals surface area contributed by atoms with Crippen LogP contribution in [0, 0.1) is 0 Å². The summed E-state index contributed by atoms with van der Waals surface area (Å²) in [4.78, 5) is 21.2. The molecule has 6 heteroatoms. The minimum atomic E-state index is 0.0525. The van der Waals surface area contributed by atoms with Crippen molar-refractivity contribution in [1.29, 1.82) is 0 Å². The van der Waals surface area contributed by atoms with Gasteiger partial charge in [0.25, 0.3) is 5.91 Å². The molecule has 4 rings (SSSR count). The summed E-state index contributed by atoms with van der Waals surface area (Å²) >= 11 is 6.05. The van der Waals surface area contributed by atoms with Crippen LogP contribution in [0.1, 0.15) is 11.1 Å². The van der Waals surface area contributed by atoms with Gasteiger partial charge in [0, 0.05) is 55.7 Å². The Hall–Kier alpha value is -2.37. The van der Waals surface area contributed by atoms with Gasteiger partial charge >= 0.3 is 0 Å². The van der Waals surface area contributed by atoms with Gasteiger partial charge in [0.05, 0.1) is 5.57 Å². The first-order chi connectivity index (χ1) is 12.7. The van der Waals surface area contributed by atoms with E-state index in [1.807, 2.05) is 35.4 Å². The summed E-state index contributed by atoms with van der Waals surface area (Å²) in [6.45, 7) is 4.34. The molecule has 1 fully saturated rings. The van der Waals surface area contributed by atoms with Crippen LogP contribution in [0.3, 0.4) is 0 Å². The molecule has 0 bridgehead atoms. The third kappa shape index (κ3) is 3.74. The molecule has 2 aliphatic rings. The second-order valence-corrected chi connectivity index (χ2v) is 7.01. The second-order valence-electron chi connectivity index (χ2n) is 6.57. The molecule has 134 valence electrons. The maximum atomic E-state index is 12.8. The quantitative estimate of drug-likeness (QED) is 0.834. The van der Waals surface area contributed by atoms with E-state index >= 15 is 0 Å². The van der Waals surface area contributed by atoms with Gasteiger partial charge in [-0.25, -0.2) is 0 Å². The van der Waals surface area contributed by atoms with Gasteiger partial charge in [-0.3, -0.25) is 14.7 Å². The van der Waals surface area contributed by atoms with Crippen molar-refractivity contribution >= 4 is 23.6 Å². The number of ether oxygens (including phenoxy) is 1. The molecule has 0 atom stereocenters. The summed E-state index contributed by atoms with van der Waals surface area (Å²) < 4.78 is 5.71. The highest BCUT2D eigenvalue weighted by atomic mass is 35.5. The predicted molar refractivity (Wildman–Crippen MR) is 101 cm³/mol. The smallest absolute Gasteiger partial charge is 0.253 e. The summed E-state index contributed by atoms with van der Waals surface area (Å²) in [7, 11) is 0. The number of halogens is 1. The third-order valence-corrected chi connectivity index (χ3v) is 4.98. The molecule has 0 unspecified atom stereocenters. The molecule has 2 aliphatic heterocycles. The zero-order chi connectivity index (χ0) is 17.9. The normalized spacial score (nSPS) is 17.3. The van der Waals surface area contributed by atoms with Crippen molar-refractivity contribution in [3.63, 3.8) is 0 Å². The first kappa shape index (κ1) is 17.1. The van der Waals surface area contributed by atoms with Gasteiger partial charge in [0.15, 0.2) is 0 Å². The van der Waals surface area contributed by atoms with E-state index in [9.17, 15) is 4.79 Å². The van der Waals surface area contributed by atoms with Gasteiger partial charge < -0.3 is 9.64 Å². The van der Waals surface area contributed by atoms with Gasteiger partial charge in [0.1, 0.15) is 12.4 Å². The number of hydrogen-bond acceptors (Lipinski definition) is 4. The van der Waals surface area contributed by atoms with Crippen LogP contribution >= 0.6 is 11.6 Å². The zero-order valence-electron chi connectivity index (χ0n) is 14.4. The van der Waals surface area contributed by atoms with Gasteiger partial charge in [0.2, 0.25) is 0 Å². The van der Waals surface area contributed by atoms with Crippen molar-refractivity contribution in [3.8, 4) is 5.75 Å². The van der Waals surface area contributed by atoms with Crippen molar-refractivity contribution in [3.05, 3.63) is 64.4 Å². The zero-order valence-corrected chi connectivity index (χ0v) is 15.2. The number of carbonyl (C=O) groups is 1. The maximum Gasteiger partial charge on any atom is 0.253 e. The number of aromatic nitrogens is 1. The molecule has 0 N–H and O–H groups in total. The maximum absolute atomic E-state index is 12.8. The number of hydrogen-bond donors (Lipinski definition) is 0. The van der Waals surface area contributed by atoms with Gasteiger partial charge in [-0.1, -0.05) is 17.7 Å². The molecular weight excluding hydrogens is 350 g/mol. The number of pyridine rings is 1. The molecule has 1 saturated heterocycles. The minimum Gasteiger partial charge on any atom is -0.488 e. The third-order valence-electron chi connectivity index (χ3n) is 4.75. The molecule has 1 aromatic carbocycles. The summed E-state index contributed by atoms with van der Waals surface area (Å²) in [5.74, 6) is 0.823. The number of rotatable bonds is 3. The standard InChI is InChI=1S/C20H20ClN3O2/c21-18-3-4-19-16(11-18)10-17(14-26-19)20(25)24-8-6-23(7-9-24)13-15-2-1-5-22-12-15/h1-5,10-12H,6-9,13-14H2. The van der Waals surface area contributed by atoms with E-state index in [1.54, 1.807) is 12.3 Å². The molecule has 26 heavy (non-hydrogen) atoms. The predicted octanol–water partition coefficient (Wildman–Crippen LogP) is 2.86. The Labute approximate surface area is 157 Å². The van der Waals surface area contributed by atoms with Crippen molar-refractivity contribution in [1.82, 2.24) is 14.8 Å². The molecule has 0 spiro atoms. The Balaban J connectivity index is 1.38. The van der Waals surface area contributed by atoms with Crippen LogP contribution < -0.4 is 4.74 Å². The average molecular weight is 370 g/mol. The number of nitrogens with zero attached hydrogens (tertiary/aromatic N) is 3. The first-order valence-corrected chi connectivity index (χ1v) is 9.10. The van der Waals surface area contributed by atoms with E-state index < -0.39 is 0 Å². The van der Waals surface area contributed by atoms with Crippen LogP contribution in [0.25, 0.3) is 6.08 Å². The molecule has 2 aromatic rings. The number of amides is 1. The van der Waals surface area contributed by atoms with Crippen molar-refractivity contribution < 1.29 is 9.53 Å². The number of carbonyl (C=O) groups excluding carboxylic acids is 1. The lowest BCUT2D eigenvalue weighted by molar-refractivity contribution is -0.129. The molecule has 1 amide bonds. The van der Waals surface area contributed by atoms with Gasteiger partial charge in [-0.05, 0) is 35.9 Å². The molecular formula is C20H20ClN3O2. The average Bonchev–Trinajstić information content (AvgIpc) is 2.68. The van der Waals surface area contributed by atoms with E-state index in [4.69, 9.17) is 16.3 Å². The molecule has 3 heterocycles. The van der Waals surface area contributed by atoms with E-state index in [0.29, 0.717) is 17.2 Å². The van der Waals surface area contributed by atoms with Gasteiger partial charge in [-0.15, -0.1) is 0 Å². The van der Waals surface area contributed by atoms with E-state index in [1.165, 1.54) is 5.56 Å². The highest BCUT2D eigenvalue weighted by molar-refractivity contribution is 6.30. The molecule has 0 radical (unpaired) electrons. The number of benzene rings is 1. The Morgan fingerprint density at radius 3 is 2.81 bits per heavy atom. The lowest BCUT2D eigenvalue weighted by atomic mass is 10.1. The number of fused-ring (bicyclic) bond motifs is 1. The topological polar surface area (TPSA) is 45.7 Å². The van der Waals surface area contributed by atoms with Crippen LogP contribution in [-0.2, 0) is 11.3 Å². The van der Waals surface area contributed by atoms with Crippen molar-refractivity contribution in [2.24, 2.45) is 0 Å². The molecule has 0 saturated carbocycles. The van der Waals surface area contributed by atoms with E-state index in [0.717, 1.165) is 44.0 Å². The Kier molecular flexibility index (Phi) is 4.91. The SMILES string of the molecule is O=C(C1=Cc2cc(Cl)ccc2OC1)N1CCN(Cc2cccnc2)CC1. The summed E-state index contributed by atoms with van der Waals surface area (Å²) in [6, 6.07) is 9.50. The van der Waals surface area contributed by atoms with Crippen LogP contribution in [-0.4, -0.2) is 53.5 Å². The Bertz CT molecular complexity index is 830. The molecule has 0 aliphatic carbocycles. The number of piperazine rings is 1. The largest absolute Gasteiger partial charge is 0.488 e. The van der Waals surface area contributed by atoms with Crippen LogP contribution in [0.4, 0.5) is 0 Å². The highest BCUT2D eigenvalue weighted by Crippen LogP contribution is 2.29. The van der Waals surface area contributed by atoms with Crippen molar-refractivity contribution in [2.45, 2.75) is 6.54 Å². The first-order valence-electron chi connectivity index (χ1n) is 8.72. The fourth-order valence-corrected chi connectivity index (χ4v) is 3.51. The summed E-state index contributed by atoms with van der Waals surface area (Å²) in [5, 5.41) is 0.640. The Morgan fingerprint density at radius 1 is 1.19 bits per heavy atom. The highest BCUT2D eigenvalue weighted by Gasteiger charge is 2.26. The Morgan fingerprint density at radius 2 is 2.04 bits per heavy atom. The fraction of sp³-hybridized carbons (Fsp3) is 0.300. The van der Waals surface area contributed by atoms with Crippen molar-refractivity contribution in [2.75, 3.05) is 32.8 Å². The fourth-order valence-electron chi connectivity index (χ4n) is 3.33. The summed E-state index contributed by atoms with van der Waals surface area (Å²) in [6.07, 6.45) is 5.57. The molecule has 1 aromatic heterocycles.